The third-order valence-electron chi connectivity index (χ3n) is 3.33. The highest BCUT2D eigenvalue weighted by atomic mass is 79.9. The molecule has 0 spiro atoms. The second-order valence-electron chi connectivity index (χ2n) is 4.74. The van der Waals surface area contributed by atoms with Gasteiger partial charge in [-0.05, 0) is 60.0 Å². The fraction of sp³-hybridized carbons (Fsp3) is 0.357. The number of amides is 1. The predicted molar refractivity (Wildman–Crippen MR) is 72.7 cm³/mol. The Balaban J connectivity index is 1.87. The molecule has 19 heavy (non-hydrogen) atoms. The summed E-state index contributed by atoms with van der Waals surface area (Å²) in [6.07, 6.45) is 3.71. The summed E-state index contributed by atoms with van der Waals surface area (Å²) in [6, 6.07) is 7.36. The Kier molecular flexibility index (Phi) is 3.22. The molecule has 0 saturated heterocycles. The van der Waals surface area contributed by atoms with Crippen molar-refractivity contribution in [3.63, 3.8) is 0 Å². The molecule has 1 amide bonds. The monoisotopic (exact) mass is 323 g/mol. The Morgan fingerprint density at radius 1 is 1.42 bits per heavy atom. The molecule has 1 fully saturated rings. The molecule has 2 aromatic heterocycles. The molecular weight excluding hydrogens is 310 g/mol. The van der Waals surface area contributed by atoms with Gasteiger partial charge in [-0.2, -0.15) is 0 Å². The third-order valence-corrected chi connectivity index (χ3v) is 3.76. The Morgan fingerprint density at radius 3 is 2.74 bits per heavy atom. The summed E-state index contributed by atoms with van der Waals surface area (Å²) in [7, 11) is 0. The SMILES string of the molecule is CC(c1ccco1)N(C(=O)c1ccc(Br)o1)C1CC1. The zero-order chi connectivity index (χ0) is 13.4. The number of carbonyl (C=O) groups excluding carboxylic acids is 1. The van der Waals surface area contributed by atoms with E-state index < -0.39 is 0 Å². The van der Waals surface area contributed by atoms with Gasteiger partial charge in [-0.3, -0.25) is 4.79 Å². The fourth-order valence-corrected chi connectivity index (χ4v) is 2.54. The molecule has 0 aliphatic heterocycles. The maximum atomic E-state index is 12.5. The quantitative estimate of drug-likeness (QED) is 0.854. The van der Waals surface area contributed by atoms with Crippen molar-refractivity contribution in [1.82, 2.24) is 4.90 Å². The van der Waals surface area contributed by atoms with Crippen LogP contribution in [0.25, 0.3) is 0 Å². The van der Waals surface area contributed by atoms with Crippen LogP contribution in [0, 0.1) is 0 Å². The average molecular weight is 324 g/mol. The molecule has 100 valence electrons. The van der Waals surface area contributed by atoms with E-state index in [1.54, 1.807) is 18.4 Å². The van der Waals surface area contributed by atoms with Crippen LogP contribution in [0.15, 0.2) is 44.0 Å². The topological polar surface area (TPSA) is 46.6 Å². The van der Waals surface area contributed by atoms with E-state index in [9.17, 15) is 4.79 Å². The van der Waals surface area contributed by atoms with Crippen molar-refractivity contribution in [2.75, 3.05) is 0 Å². The number of hydrogen-bond acceptors (Lipinski definition) is 3. The van der Waals surface area contributed by atoms with Crippen molar-refractivity contribution >= 4 is 21.8 Å². The molecule has 0 N–H and O–H groups in total. The van der Waals surface area contributed by atoms with Crippen LogP contribution in [-0.4, -0.2) is 16.8 Å². The van der Waals surface area contributed by atoms with Gasteiger partial charge in [-0.1, -0.05) is 0 Å². The third kappa shape index (κ3) is 2.47. The Labute approximate surface area is 119 Å². The van der Waals surface area contributed by atoms with Gasteiger partial charge in [0.25, 0.3) is 5.91 Å². The number of hydrogen-bond donors (Lipinski definition) is 0. The molecule has 2 aromatic rings. The minimum absolute atomic E-state index is 0.0844. The summed E-state index contributed by atoms with van der Waals surface area (Å²) in [6.45, 7) is 1.98. The molecule has 1 unspecified atom stereocenters. The molecule has 2 heterocycles. The summed E-state index contributed by atoms with van der Waals surface area (Å²) in [4.78, 5) is 14.4. The molecule has 0 bridgehead atoms. The molecule has 0 aromatic carbocycles. The van der Waals surface area contributed by atoms with Gasteiger partial charge in [-0.15, -0.1) is 0 Å². The fourth-order valence-electron chi connectivity index (χ4n) is 2.23. The van der Waals surface area contributed by atoms with Gasteiger partial charge in [-0.25, -0.2) is 0 Å². The number of halogens is 1. The largest absolute Gasteiger partial charge is 0.467 e. The number of nitrogens with zero attached hydrogens (tertiary/aromatic N) is 1. The lowest BCUT2D eigenvalue weighted by Gasteiger charge is -2.27. The smallest absolute Gasteiger partial charge is 0.290 e. The molecule has 1 atom stereocenters. The first-order valence-corrected chi connectivity index (χ1v) is 7.07. The lowest BCUT2D eigenvalue weighted by molar-refractivity contribution is 0.0618. The van der Waals surface area contributed by atoms with Crippen molar-refractivity contribution in [2.24, 2.45) is 0 Å². The van der Waals surface area contributed by atoms with E-state index in [-0.39, 0.29) is 18.0 Å². The minimum Gasteiger partial charge on any atom is -0.467 e. The maximum Gasteiger partial charge on any atom is 0.290 e. The van der Waals surface area contributed by atoms with E-state index in [4.69, 9.17) is 8.83 Å². The van der Waals surface area contributed by atoms with E-state index in [0.717, 1.165) is 18.6 Å². The Morgan fingerprint density at radius 2 is 2.21 bits per heavy atom. The van der Waals surface area contributed by atoms with E-state index in [1.807, 2.05) is 24.0 Å². The van der Waals surface area contributed by atoms with Gasteiger partial charge in [0, 0.05) is 6.04 Å². The summed E-state index contributed by atoms with van der Waals surface area (Å²) < 4.78 is 11.3. The molecular formula is C14H14BrNO3. The predicted octanol–water partition coefficient (Wildman–Crippen LogP) is 4.00. The van der Waals surface area contributed by atoms with Crippen LogP contribution in [0.4, 0.5) is 0 Å². The lowest BCUT2D eigenvalue weighted by Crippen LogP contribution is -2.35. The van der Waals surface area contributed by atoms with Crippen molar-refractivity contribution in [3.05, 3.63) is 46.7 Å². The zero-order valence-electron chi connectivity index (χ0n) is 10.5. The summed E-state index contributed by atoms with van der Waals surface area (Å²) >= 11 is 3.22. The van der Waals surface area contributed by atoms with E-state index in [0.29, 0.717) is 10.4 Å². The first-order chi connectivity index (χ1) is 9.16. The highest BCUT2D eigenvalue weighted by Gasteiger charge is 2.38. The first kappa shape index (κ1) is 12.5. The Hall–Kier alpha value is -1.49. The molecule has 0 radical (unpaired) electrons. The van der Waals surface area contributed by atoms with Crippen molar-refractivity contribution < 1.29 is 13.6 Å². The van der Waals surface area contributed by atoms with Gasteiger partial charge in [0.15, 0.2) is 10.4 Å². The van der Waals surface area contributed by atoms with E-state index in [1.165, 1.54) is 0 Å². The second-order valence-corrected chi connectivity index (χ2v) is 5.52. The molecule has 5 heteroatoms. The lowest BCUT2D eigenvalue weighted by atomic mass is 10.2. The first-order valence-electron chi connectivity index (χ1n) is 6.28. The van der Waals surface area contributed by atoms with Gasteiger partial charge >= 0.3 is 0 Å². The highest BCUT2D eigenvalue weighted by Crippen LogP contribution is 2.36. The molecule has 4 nitrogen and oxygen atoms in total. The van der Waals surface area contributed by atoms with Crippen molar-refractivity contribution in [3.8, 4) is 0 Å². The van der Waals surface area contributed by atoms with Crippen LogP contribution in [0.1, 0.15) is 42.1 Å². The number of furan rings is 2. The molecule has 1 aliphatic carbocycles. The van der Waals surface area contributed by atoms with Gasteiger partial charge in [0.05, 0.1) is 12.3 Å². The number of rotatable bonds is 4. The van der Waals surface area contributed by atoms with Crippen LogP contribution in [0.2, 0.25) is 0 Å². The van der Waals surface area contributed by atoms with Crippen molar-refractivity contribution in [1.29, 1.82) is 0 Å². The summed E-state index contributed by atoms with van der Waals surface area (Å²) in [5.74, 6) is 1.07. The maximum absolute atomic E-state index is 12.5. The zero-order valence-corrected chi connectivity index (χ0v) is 12.1. The number of carbonyl (C=O) groups is 1. The summed E-state index contributed by atoms with van der Waals surface area (Å²) in [5.41, 5.74) is 0. The normalized spacial score (nSPS) is 16.3. The molecule has 1 aliphatic rings. The molecule has 3 rings (SSSR count). The summed E-state index contributed by atoms with van der Waals surface area (Å²) in [5, 5.41) is 0. The van der Waals surface area contributed by atoms with Crippen LogP contribution in [0.3, 0.4) is 0 Å². The van der Waals surface area contributed by atoms with Crippen LogP contribution < -0.4 is 0 Å². The van der Waals surface area contributed by atoms with E-state index in [2.05, 4.69) is 15.9 Å². The van der Waals surface area contributed by atoms with Crippen molar-refractivity contribution in [2.45, 2.75) is 31.8 Å². The average Bonchev–Trinajstić information content (AvgIpc) is 2.93. The van der Waals surface area contributed by atoms with Crippen LogP contribution >= 0.6 is 15.9 Å². The molecule has 1 saturated carbocycles. The highest BCUT2D eigenvalue weighted by molar-refractivity contribution is 9.10. The standard InChI is InChI=1S/C14H14BrNO3/c1-9(11-3-2-8-18-11)16(10-4-5-10)14(17)12-6-7-13(15)19-12/h2-3,6-10H,4-5H2,1H3. The van der Waals surface area contributed by atoms with Gasteiger partial charge in [0.2, 0.25) is 0 Å². The minimum atomic E-state index is -0.0860. The second kappa shape index (κ2) is 4.89. The van der Waals surface area contributed by atoms with Crippen LogP contribution in [0.5, 0.6) is 0 Å². The van der Waals surface area contributed by atoms with E-state index >= 15 is 0 Å². The van der Waals surface area contributed by atoms with Crippen LogP contribution in [-0.2, 0) is 0 Å². The van der Waals surface area contributed by atoms with Gasteiger partial charge in [0.1, 0.15) is 5.76 Å². The van der Waals surface area contributed by atoms with Gasteiger partial charge < -0.3 is 13.7 Å². The Bertz CT molecular complexity index is 571.